The van der Waals surface area contributed by atoms with Gasteiger partial charge >= 0.3 is 6.03 Å². The summed E-state index contributed by atoms with van der Waals surface area (Å²) < 4.78 is 0. The largest absolute Gasteiger partial charge is 0.394 e. The van der Waals surface area contributed by atoms with Crippen molar-refractivity contribution >= 4 is 12.2 Å². The number of urea groups is 1. The molecule has 0 aliphatic rings. The van der Waals surface area contributed by atoms with Gasteiger partial charge < -0.3 is 31.3 Å². The van der Waals surface area contributed by atoms with Gasteiger partial charge in [0, 0.05) is 0 Å². The van der Waals surface area contributed by atoms with Crippen molar-refractivity contribution in [2.45, 2.75) is 24.4 Å². The molecule has 2 amide bonds. The van der Waals surface area contributed by atoms with Crippen LogP contribution in [-0.2, 0) is 0 Å². The molecule has 0 saturated heterocycles. The Labute approximate surface area is 90.8 Å². The summed E-state index contributed by atoms with van der Waals surface area (Å²) in [4.78, 5) is 10.2. The molecule has 0 aromatic heterocycles. The maximum absolute atomic E-state index is 10.2. The summed E-state index contributed by atoms with van der Waals surface area (Å²) in [6.07, 6.45) is -6.03. The van der Waals surface area contributed by atoms with Gasteiger partial charge in [0.1, 0.15) is 24.4 Å². The molecule has 0 rings (SSSR count). The summed E-state index contributed by atoms with van der Waals surface area (Å²) in [5, 5.41) is 48.2. The number of carbonyl (C=O) groups excluding carboxylic acids is 1. The lowest BCUT2D eigenvalue weighted by Gasteiger charge is -2.23. The van der Waals surface area contributed by atoms with Crippen LogP contribution in [0.15, 0.2) is 5.10 Å². The number of aliphatic hydroxyl groups excluding tert-OH is 5. The number of aliphatic hydroxyl groups is 5. The minimum atomic E-state index is -1.76. The average Bonchev–Trinajstić information content (AvgIpc) is 2.25. The van der Waals surface area contributed by atoms with Crippen LogP contribution in [0.1, 0.15) is 0 Å². The van der Waals surface area contributed by atoms with Gasteiger partial charge in [-0.15, -0.1) is 0 Å². The Morgan fingerprint density at radius 2 is 1.88 bits per heavy atom. The number of nitrogens with zero attached hydrogens (tertiary/aromatic N) is 1. The van der Waals surface area contributed by atoms with Crippen molar-refractivity contribution < 1.29 is 30.3 Å². The Morgan fingerprint density at radius 3 is 2.31 bits per heavy atom. The minimum Gasteiger partial charge on any atom is -0.394 e. The normalized spacial score (nSPS) is 19.1. The van der Waals surface area contributed by atoms with Crippen LogP contribution < -0.4 is 11.2 Å². The quantitative estimate of drug-likeness (QED) is 0.184. The maximum atomic E-state index is 10.2. The molecule has 0 saturated carbocycles. The fourth-order valence-electron chi connectivity index (χ4n) is 0.803. The molecule has 0 spiro atoms. The molecule has 0 fully saturated rings. The number of amides is 2. The topological polar surface area (TPSA) is 169 Å². The van der Waals surface area contributed by atoms with E-state index in [0.717, 1.165) is 0 Å². The zero-order chi connectivity index (χ0) is 12.7. The molecule has 0 aliphatic carbocycles. The predicted octanol–water partition coefficient (Wildman–Crippen LogP) is -3.92. The van der Waals surface area contributed by atoms with E-state index in [1.54, 1.807) is 5.43 Å². The van der Waals surface area contributed by atoms with Crippen LogP contribution in [0, 0.1) is 0 Å². The lowest BCUT2D eigenvalue weighted by Crippen LogP contribution is -2.46. The Kier molecular flexibility index (Phi) is 6.53. The standard InChI is InChI=1S/C7H15N3O6/c8-7(16)10-9-1-3(12)5(14)6(15)4(13)2-11/h1,3-6,11-15H,2H2,(H3,8,10,16)/b9-1+/t3-,4-,5-,6+/m1/s1. The highest BCUT2D eigenvalue weighted by Crippen LogP contribution is 2.03. The van der Waals surface area contributed by atoms with Gasteiger partial charge in [-0.1, -0.05) is 0 Å². The van der Waals surface area contributed by atoms with Crippen LogP contribution >= 0.6 is 0 Å². The van der Waals surface area contributed by atoms with E-state index in [4.69, 9.17) is 10.2 Å². The van der Waals surface area contributed by atoms with Crippen LogP contribution in [0.5, 0.6) is 0 Å². The third-order valence-electron chi connectivity index (χ3n) is 1.68. The summed E-state index contributed by atoms with van der Waals surface area (Å²) >= 11 is 0. The van der Waals surface area contributed by atoms with E-state index in [1.165, 1.54) is 0 Å². The lowest BCUT2D eigenvalue weighted by molar-refractivity contribution is -0.0999. The zero-order valence-corrected chi connectivity index (χ0v) is 8.26. The Hall–Kier alpha value is -1.26. The second-order valence-corrected chi connectivity index (χ2v) is 2.98. The number of hydrogen-bond acceptors (Lipinski definition) is 7. The van der Waals surface area contributed by atoms with Crippen molar-refractivity contribution in [3.63, 3.8) is 0 Å². The molecule has 0 unspecified atom stereocenters. The summed E-state index contributed by atoms with van der Waals surface area (Å²) in [6, 6.07) is -0.964. The van der Waals surface area contributed by atoms with Crippen molar-refractivity contribution in [1.82, 2.24) is 5.43 Å². The van der Waals surface area contributed by atoms with E-state index in [0.29, 0.717) is 6.21 Å². The number of rotatable bonds is 6. The van der Waals surface area contributed by atoms with Crippen LogP contribution in [-0.4, -0.2) is 68.8 Å². The molecule has 0 bridgehead atoms. The maximum Gasteiger partial charge on any atom is 0.332 e. The Bertz CT molecular complexity index is 248. The minimum absolute atomic E-state index is 0.711. The fourth-order valence-corrected chi connectivity index (χ4v) is 0.803. The fraction of sp³-hybridized carbons (Fsp3) is 0.714. The third kappa shape index (κ3) is 5.00. The van der Waals surface area contributed by atoms with Gasteiger partial charge in [-0.2, -0.15) is 5.10 Å². The highest BCUT2D eigenvalue weighted by Gasteiger charge is 2.29. The average molecular weight is 237 g/mol. The van der Waals surface area contributed by atoms with E-state index < -0.39 is 37.1 Å². The summed E-state index contributed by atoms with van der Waals surface area (Å²) in [7, 11) is 0. The number of hydrogen-bond donors (Lipinski definition) is 7. The van der Waals surface area contributed by atoms with Crippen LogP contribution in [0.2, 0.25) is 0 Å². The molecular formula is C7H15N3O6. The van der Waals surface area contributed by atoms with E-state index >= 15 is 0 Å². The number of hydrazone groups is 1. The zero-order valence-electron chi connectivity index (χ0n) is 8.26. The number of nitrogens with one attached hydrogen (secondary N) is 1. The first-order valence-electron chi connectivity index (χ1n) is 4.32. The summed E-state index contributed by atoms with van der Waals surface area (Å²) in [6.45, 7) is -0.776. The van der Waals surface area contributed by atoms with E-state index in [2.05, 4.69) is 10.8 Å². The van der Waals surface area contributed by atoms with Crippen molar-refractivity contribution in [3.8, 4) is 0 Å². The molecule has 16 heavy (non-hydrogen) atoms. The van der Waals surface area contributed by atoms with Crippen LogP contribution in [0.4, 0.5) is 4.79 Å². The second kappa shape index (κ2) is 7.09. The summed E-state index contributed by atoms with van der Waals surface area (Å²) in [5.74, 6) is 0. The van der Waals surface area contributed by atoms with Gasteiger partial charge in [0.25, 0.3) is 0 Å². The monoisotopic (exact) mass is 237 g/mol. The van der Waals surface area contributed by atoms with Crippen LogP contribution in [0.25, 0.3) is 0 Å². The van der Waals surface area contributed by atoms with Crippen molar-refractivity contribution in [1.29, 1.82) is 0 Å². The van der Waals surface area contributed by atoms with E-state index in [-0.39, 0.29) is 0 Å². The Balaban J connectivity index is 4.21. The Morgan fingerprint density at radius 1 is 1.31 bits per heavy atom. The van der Waals surface area contributed by atoms with Gasteiger partial charge in [-0.05, 0) is 0 Å². The van der Waals surface area contributed by atoms with Gasteiger partial charge in [0.15, 0.2) is 0 Å². The summed E-state index contributed by atoms with van der Waals surface area (Å²) in [5.41, 5.74) is 6.41. The molecule has 0 aromatic rings. The number of carbonyl (C=O) groups is 1. The van der Waals surface area contributed by atoms with Gasteiger partial charge in [-0.3, -0.25) is 0 Å². The lowest BCUT2D eigenvalue weighted by atomic mass is 10.0. The number of primary amides is 1. The molecule has 0 aromatic carbocycles. The molecule has 4 atom stereocenters. The predicted molar refractivity (Wildman–Crippen MR) is 52.3 cm³/mol. The first kappa shape index (κ1) is 14.7. The van der Waals surface area contributed by atoms with Gasteiger partial charge in [0.2, 0.25) is 0 Å². The smallest absolute Gasteiger partial charge is 0.332 e. The van der Waals surface area contributed by atoms with Crippen LogP contribution in [0.3, 0.4) is 0 Å². The molecule has 9 nitrogen and oxygen atoms in total. The second-order valence-electron chi connectivity index (χ2n) is 2.98. The molecule has 0 heterocycles. The molecule has 94 valence electrons. The molecule has 0 radical (unpaired) electrons. The van der Waals surface area contributed by atoms with Gasteiger partial charge in [0.05, 0.1) is 12.8 Å². The molecule has 8 N–H and O–H groups in total. The third-order valence-corrected chi connectivity index (χ3v) is 1.68. The first-order valence-corrected chi connectivity index (χ1v) is 4.32. The van der Waals surface area contributed by atoms with Gasteiger partial charge in [-0.25, -0.2) is 10.2 Å². The van der Waals surface area contributed by atoms with E-state index in [9.17, 15) is 20.1 Å². The highest BCUT2D eigenvalue weighted by molar-refractivity contribution is 5.73. The van der Waals surface area contributed by atoms with Crippen molar-refractivity contribution in [2.24, 2.45) is 10.8 Å². The van der Waals surface area contributed by atoms with Crippen molar-refractivity contribution in [3.05, 3.63) is 0 Å². The molecular weight excluding hydrogens is 222 g/mol. The van der Waals surface area contributed by atoms with E-state index in [1.807, 2.05) is 0 Å². The SMILES string of the molecule is NC(=O)N/N=C/[C@@H](O)[C@@H](O)[C@@H](O)[C@H](O)CO. The first-order chi connectivity index (χ1) is 7.40. The van der Waals surface area contributed by atoms with Crippen molar-refractivity contribution in [2.75, 3.05) is 6.61 Å². The molecule has 0 aliphatic heterocycles. The highest BCUT2D eigenvalue weighted by atomic mass is 16.4. The molecule has 9 heteroatoms. The number of nitrogens with two attached hydrogens (primary N) is 1.